The van der Waals surface area contributed by atoms with E-state index in [1.807, 2.05) is 13.0 Å². The molecule has 0 aliphatic carbocycles. The Morgan fingerprint density at radius 1 is 1.50 bits per heavy atom. The predicted octanol–water partition coefficient (Wildman–Crippen LogP) is 4.16. The van der Waals surface area contributed by atoms with Crippen molar-refractivity contribution in [1.29, 1.82) is 0 Å². The van der Waals surface area contributed by atoms with Crippen LogP contribution >= 0.6 is 23.1 Å². The van der Waals surface area contributed by atoms with Gasteiger partial charge in [0.2, 0.25) is 0 Å². The first kappa shape index (κ1) is 15.0. The van der Waals surface area contributed by atoms with Crippen LogP contribution in [0.15, 0.2) is 23.1 Å². The number of nitrogens with zero attached hydrogens (tertiary/aromatic N) is 1. The molecule has 0 fully saturated rings. The number of ether oxygens (including phenoxy) is 1. The molecule has 0 saturated carbocycles. The van der Waals surface area contributed by atoms with E-state index in [1.165, 1.54) is 13.2 Å². The number of carbonyl (C=O) groups is 1. The molecule has 0 amide bonds. The van der Waals surface area contributed by atoms with E-state index in [4.69, 9.17) is 4.74 Å². The van der Waals surface area contributed by atoms with E-state index >= 15 is 0 Å². The maximum atomic E-state index is 14.1. The lowest BCUT2D eigenvalue weighted by atomic mass is 10.2. The van der Waals surface area contributed by atoms with E-state index in [9.17, 15) is 9.18 Å². The molecular formula is C14H14FNO2S2. The number of thioether (sulfide) groups is 1. The van der Waals surface area contributed by atoms with E-state index < -0.39 is 5.97 Å². The monoisotopic (exact) mass is 311 g/mol. The van der Waals surface area contributed by atoms with E-state index in [1.54, 1.807) is 24.8 Å². The van der Waals surface area contributed by atoms with Crippen molar-refractivity contribution in [2.75, 3.05) is 12.9 Å². The summed E-state index contributed by atoms with van der Waals surface area (Å²) < 4.78 is 18.8. The average molecular weight is 311 g/mol. The van der Waals surface area contributed by atoms with Crippen LogP contribution in [0.1, 0.15) is 22.3 Å². The number of benzene rings is 1. The molecule has 106 valence electrons. The van der Waals surface area contributed by atoms with Gasteiger partial charge in [-0.25, -0.2) is 14.2 Å². The van der Waals surface area contributed by atoms with Crippen molar-refractivity contribution in [3.05, 3.63) is 34.6 Å². The van der Waals surface area contributed by atoms with Crippen LogP contribution in [-0.4, -0.2) is 23.8 Å². The maximum absolute atomic E-state index is 14.1. The molecule has 1 aromatic carbocycles. The van der Waals surface area contributed by atoms with Crippen LogP contribution < -0.4 is 0 Å². The molecule has 0 aliphatic heterocycles. The fraction of sp³-hybridized carbons (Fsp3) is 0.286. The molecule has 2 rings (SSSR count). The molecule has 0 unspecified atom stereocenters. The largest absolute Gasteiger partial charge is 0.465 e. The molecule has 0 aliphatic rings. The highest BCUT2D eigenvalue weighted by Gasteiger charge is 2.20. The molecule has 0 radical (unpaired) electrons. The van der Waals surface area contributed by atoms with Crippen LogP contribution in [0.2, 0.25) is 0 Å². The van der Waals surface area contributed by atoms with Crippen LogP contribution in [0.3, 0.4) is 0 Å². The van der Waals surface area contributed by atoms with Gasteiger partial charge in [-0.1, -0.05) is 13.0 Å². The zero-order valence-electron chi connectivity index (χ0n) is 11.4. The summed E-state index contributed by atoms with van der Waals surface area (Å²) in [5.74, 6) is 0.0749. The standard InChI is InChI=1S/C14H14FNO2S2/c1-4-19-10-7-5-6-9(15)11(10)13-16-8(2)12(20-13)14(17)18-3/h5-7H,4H2,1-3H3. The third-order valence-corrected chi connectivity index (χ3v) is 4.75. The molecule has 3 nitrogen and oxygen atoms in total. The van der Waals surface area contributed by atoms with Gasteiger partial charge in [0.25, 0.3) is 0 Å². The van der Waals surface area contributed by atoms with Crippen LogP contribution in [-0.2, 0) is 4.74 Å². The number of aromatic nitrogens is 1. The summed E-state index contributed by atoms with van der Waals surface area (Å²) in [4.78, 5) is 17.2. The molecule has 0 spiro atoms. The Morgan fingerprint density at radius 2 is 2.25 bits per heavy atom. The quantitative estimate of drug-likeness (QED) is 0.628. The highest BCUT2D eigenvalue weighted by Crippen LogP contribution is 2.37. The zero-order chi connectivity index (χ0) is 14.7. The number of aryl methyl sites for hydroxylation is 1. The van der Waals surface area contributed by atoms with E-state index in [2.05, 4.69) is 4.98 Å². The number of esters is 1. The number of halogens is 1. The molecule has 6 heteroatoms. The molecule has 1 heterocycles. The normalized spacial score (nSPS) is 10.6. The lowest BCUT2D eigenvalue weighted by Crippen LogP contribution is -1.99. The molecular weight excluding hydrogens is 297 g/mol. The second-order valence-corrected chi connectivity index (χ2v) is 6.28. The highest BCUT2D eigenvalue weighted by atomic mass is 32.2. The third-order valence-electron chi connectivity index (χ3n) is 2.66. The predicted molar refractivity (Wildman–Crippen MR) is 80.0 cm³/mol. The van der Waals surface area contributed by atoms with Crippen LogP contribution in [0.25, 0.3) is 10.6 Å². The van der Waals surface area contributed by atoms with Crippen LogP contribution in [0.5, 0.6) is 0 Å². The zero-order valence-corrected chi connectivity index (χ0v) is 13.0. The second kappa shape index (κ2) is 6.37. The number of rotatable bonds is 4. The summed E-state index contributed by atoms with van der Waals surface area (Å²) in [6.45, 7) is 3.73. The Kier molecular flexibility index (Phi) is 4.77. The summed E-state index contributed by atoms with van der Waals surface area (Å²) in [5.41, 5.74) is 1.02. The minimum Gasteiger partial charge on any atom is -0.465 e. The third kappa shape index (κ3) is 2.86. The van der Waals surface area contributed by atoms with E-state index in [0.717, 1.165) is 22.0 Å². The van der Waals surface area contributed by atoms with Crippen molar-refractivity contribution in [3.63, 3.8) is 0 Å². The van der Waals surface area contributed by atoms with Crippen molar-refractivity contribution in [1.82, 2.24) is 4.98 Å². The first-order chi connectivity index (χ1) is 9.58. The van der Waals surface area contributed by atoms with Gasteiger partial charge in [-0.15, -0.1) is 23.1 Å². The summed E-state index contributed by atoms with van der Waals surface area (Å²) in [6.07, 6.45) is 0. The van der Waals surface area contributed by atoms with Crippen molar-refractivity contribution in [3.8, 4) is 10.6 Å². The Bertz CT molecular complexity index is 640. The van der Waals surface area contributed by atoms with Crippen molar-refractivity contribution >= 4 is 29.1 Å². The Hall–Kier alpha value is -1.40. The smallest absolute Gasteiger partial charge is 0.349 e. The van der Waals surface area contributed by atoms with Gasteiger partial charge in [0, 0.05) is 4.90 Å². The molecule has 0 bridgehead atoms. The molecule has 0 atom stereocenters. The first-order valence-corrected chi connectivity index (χ1v) is 7.86. The molecule has 1 aromatic heterocycles. The Morgan fingerprint density at radius 3 is 2.90 bits per heavy atom. The summed E-state index contributed by atoms with van der Waals surface area (Å²) in [7, 11) is 1.32. The van der Waals surface area contributed by atoms with Gasteiger partial charge in [-0.3, -0.25) is 0 Å². The van der Waals surface area contributed by atoms with Crippen LogP contribution in [0.4, 0.5) is 4.39 Å². The minimum atomic E-state index is -0.438. The number of hydrogen-bond donors (Lipinski definition) is 0. The van der Waals surface area contributed by atoms with Gasteiger partial charge in [-0.2, -0.15) is 0 Å². The fourth-order valence-electron chi connectivity index (χ4n) is 1.77. The fourth-order valence-corrected chi connectivity index (χ4v) is 3.71. The van der Waals surface area contributed by atoms with Gasteiger partial charge >= 0.3 is 5.97 Å². The average Bonchev–Trinajstić information content (AvgIpc) is 2.80. The highest BCUT2D eigenvalue weighted by molar-refractivity contribution is 7.99. The SMILES string of the molecule is CCSc1cccc(F)c1-c1nc(C)c(C(=O)OC)s1. The van der Waals surface area contributed by atoms with Crippen LogP contribution in [0, 0.1) is 12.7 Å². The molecule has 0 saturated heterocycles. The summed E-state index contributed by atoms with van der Waals surface area (Å²) >= 11 is 2.71. The first-order valence-electron chi connectivity index (χ1n) is 6.05. The lowest BCUT2D eigenvalue weighted by Gasteiger charge is -2.06. The van der Waals surface area contributed by atoms with E-state index in [0.29, 0.717) is 21.1 Å². The van der Waals surface area contributed by atoms with Gasteiger partial charge in [0.1, 0.15) is 15.7 Å². The molecule has 2 aromatic rings. The van der Waals surface area contributed by atoms with Gasteiger partial charge in [0.05, 0.1) is 18.4 Å². The van der Waals surface area contributed by atoms with Crippen molar-refractivity contribution < 1.29 is 13.9 Å². The summed E-state index contributed by atoms with van der Waals surface area (Å²) in [6, 6.07) is 4.95. The van der Waals surface area contributed by atoms with Crippen molar-refractivity contribution in [2.45, 2.75) is 18.7 Å². The van der Waals surface area contributed by atoms with Gasteiger partial charge < -0.3 is 4.74 Å². The van der Waals surface area contributed by atoms with Gasteiger partial charge in [0.15, 0.2) is 0 Å². The minimum absolute atomic E-state index is 0.325. The number of carbonyl (C=O) groups excluding carboxylic acids is 1. The summed E-state index contributed by atoms with van der Waals surface area (Å²) in [5, 5.41) is 0.511. The second-order valence-electron chi connectivity index (χ2n) is 3.97. The Balaban J connectivity index is 2.54. The topological polar surface area (TPSA) is 39.2 Å². The molecule has 0 N–H and O–H groups in total. The maximum Gasteiger partial charge on any atom is 0.349 e. The van der Waals surface area contributed by atoms with Crippen molar-refractivity contribution in [2.24, 2.45) is 0 Å². The Labute approximate surface area is 125 Å². The van der Waals surface area contributed by atoms with E-state index in [-0.39, 0.29) is 5.82 Å². The molecule has 20 heavy (non-hydrogen) atoms. The number of hydrogen-bond acceptors (Lipinski definition) is 5. The van der Waals surface area contributed by atoms with Gasteiger partial charge in [-0.05, 0) is 24.8 Å². The lowest BCUT2D eigenvalue weighted by molar-refractivity contribution is 0.0605. The number of thiazole rings is 1. The number of methoxy groups -OCH3 is 1.